The van der Waals surface area contributed by atoms with Crippen LogP contribution in [0.2, 0.25) is 0 Å². The lowest BCUT2D eigenvalue weighted by Gasteiger charge is -2.28. The molecule has 136 valence electrons. The number of anilines is 1. The van der Waals surface area contributed by atoms with Gasteiger partial charge in [-0.15, -0.1) is 0 Å². The topological polar surface area (TPSA) is 52.4 Å². The summed E-state index contributed by atoms with van der Waals surface area (Å²) in [5.74, 6) is 1.85. The Morgan fingerprint density at radius 1 is 1.08 bits per heavy atom. The Labute approximate surface area is 153 Å². The minimum absolute atomic E-state index is 0.289. The van der Waals surface area contributed by atoms with Gasteiger partial charge in [-0.2, -0.15) is 0 Å². The molecule has 0 bridgehead atoms. The summed E-state index contributed by atoms with van der Waals surface area (Å²) >= 11 is 0. The highest BCUT2D eigenvalue weighted by molar-refractivity contribution is 5.93. The first-order chi connectivity index (χ1) is 12.7. The summed E-state index contributed by atoms with van der Waals surface area (Å²) in [6.45, 7) is 7.56. The van der Waals surface area contributed by atoms with Crippen molar-refractivity contribution in [2.24, 2.45) is 0 Å². The number of nitrogens with zero attached hydrogens (tertiary/aromatic N) is 4. The van der Waals surface area contributed by atoms with Crippen molar-refractivity contribution >= 4 is 16.9 Å². The molecular formula is C20H24N4O2. The van der Waals surface area contributed by atoms with Gasteiger partial charge >= 0.3 is 0 Å². The molecule has 1 fully saturated rings. The van der Waals surface area contributed by atoms with Gasteiger partial charge < -0.3 is 18.9 Å². The van der Waals surface area contributed by atoms with Crippen LogP contribution in [0.5, 0.6) is 5.75 Å². The average molecular weight is 352 g/mol. The maximum absolute atomic E-state index is 5.49. The van der Waals surface area contributed by atoms with Gasteiger partial charge in [0, 0.05) is 19.1 Å². The predicted molar refractivity (Wildman–Crippen MR) is 103 cm³/mol. The van der Waals surface area contributed by atoms with Gasteiger partial charge in [0.15, 0.2) is 0 Å². The van der Waals surface area contributed by atoms with Gasteiger partial charge in [-0.3, -0.25) is 0 Å². The SMILES string of the molecule is COc1ccc(-c2cc3c(N4CCOCC4)ncnc3n2C(C)C)cc1. The Bertz CT molecular complexity index is 896. The molecule has 0 radical (unpaired) electrons. The smallest absolute Gasteiger partial charge is 0.146 e. The maximum atomic E-state index is 5.49. The summed E-state index contributed by atoms with van der Waals surface area (Å²) in [4.78, 5) is 11.5. The van der Waals surface area contributed by atoms with Crippen molar-refractivity contribution in [3.8, 4) is 17.0 Å². The number of aromatic nitrogens is 3. The van der Waals surface area contributed by atoms with E-state index < -0.39 is 0 Å². The Morgan fingerprint density at radius 2 is 1.81 bits per heavy atom. The molecule has 1 saturated heterocycles. The first-order valence-corrected chi connectivity index (χ1v) is 9.02. The van der Waals surface area contributed by atoms with Crippen molar-refractivity contribution in [3.63, 3.8) is 0 Å². The van der Waals surface area contributed by atoms with Gasteiger partial charge in [0.25, 0.3) is 0 Å². The highest BCUT2D eigenvalue weighted by atomic mass is 16.5. The van der Waals surface area contributed by atoms with E-state index in [1.807, 2.05) is 12.1 Å². The van der Waals surface area contributed by atoms with E-state index in [0.717, 1.165) is 60.2 Å². The molecule has 0 atom stereocenters. The van der Waals surface area contributed by atoms with Gasteiger partial charge in [0.2, 0.25) is 0 Å². The lowest BCUT2D eigenvalue weighted by atomic mass is 10.1. The van der Waals surface area contributed by atoms with Crippen LogP contribution in [0, 0.1) is 0 Å². The molecule has 4 rings (SSSR count). The summed E-state index contributed by atoms with van der Waals surface area (Å²) in [5, 5.41) is 1.09. The van der Waals surface area contributed by atoms with Crippen LogP contribution < -0.4 is 9.64 Å². The number of benzene rings is 1. The highest BCUT2D eigenvalue weighted by Gasteiger charge is 2.21. The first-order valence-electron chi connectivity index (χ1n) is 9.02. The van der Waals surface area contributed by atoms with E-state index in [-0.39, 0.29) is 6.04 Å². The number of hydrogen-bond donors (Lipinski definition) is 0. The van der Waals surface area contributed by atoms with Gasteiger partial charge in [-0.05, 0) is 49.7 Å². The molecule has 0 unspecified atom stereocenters. The third kappa shape index (κ3) is 2.90. The van der Waals surface area contributed by atoms with Crippen molar-refractivity contribution in [3.05, 3.63) is 36.7 Å². The molecule has 0 amide bonds. The monoisotopic (exact) mass is 352 g/mol. The number of ether oxygens (including phenoxy) is 2. The van der Waals surface area contributed by atoms with Crippen molar-refractivity contribution in [1.82, 2.24) is 14.5 Å². The van der Waals surface area contributed by atoms with E-state index in [9.17, 15) is 0 Å². The molecular weight excluding hydrogens is 328 g/mol. The number of rotatable bonds is 4. The summed E-state index contributed by atoms with van der Waals surface area (Å²) < 4.78 is 13.1. The van der Waals surface area contributed by atoms with Gasteiger partial charge in [-0.25, -0.2) is 9.97 Å². The Hall–Kier alpha value is -2.60. The summed E-state index contributed by atoms with van der Waals surface area (Å²) in [6, 6.07) is 10.7. The van der Waals surface area contributed by atoms with Crippen LogP contribution in [-0.2, 0) is 4.74 Å². The molecule has 1 aliphatic rings. The minimum atomic E-state index is 0.289. The van der Waals surface area contributed by atoms with E-state index in [1.165, 1.54) is 0 Å². The summed E-state index contributed by atoms with van der Waals surface area (Å²) in [6.07, 6.45) is 1.67. The van der Waals surface area contributed by atoms with Crippen LogP contribution in [0.25, 0.3) is 22.3 Å². The number of methoxy groups -OCH3 is 1. The molecule has 1 aliphatic heterocycles. The third-order valence-corrected chi connectivity index (χ3v) is 4.82. The van der Waals surface area contributed by atoms with Crippen LogP contribution in [0.1, 0.15) is 19.9 Å². The van der Waals surface area contributed by atoms with E-state index >= 15 is 0 Å². The Kier molecular flexibility index (Phi) is 4.51. The van der Waals surface area contributed by atoms with E-state index in [2.05, 4.69) is 51.5 Å². The fourth-order valence-corrected chi connectivity index (χ4v) is 3.55. The van der Waals surface area contributed by atoms with Crippen molar-refractivity contribution in [2.45, 2.75) is 19.9 Å². The molecule has 0 spiro atoms. The summed E-state index contributed by atoms with van der Waals surface area (Å²) in [5.41, 5.74) is 3.26. The zero-order chi connectivity index (χ0) is 18.1. The number of hydrogen-bond acceptors (Lipinski definition) is 5. The second-order valence-electron chi connectivity index (χ2n) is 6.76. The molecule has 0 saturated carbocycles. The number of fused-ring (bicyclic) bond motifs is 1. The minimum Gasteiger partial charge on any atom is -0.497 e. The average Bonchev–Trinajstić information content (AvgIpc) is 3.08. The van der Waals surface area contributed by atoms with Crippen LogP contribution in [0.15, 0.2) is 36.7 Å². The molecule has 26 heavy (non-hydrogen) atoms. The molecule has 2 aromatic heterocycles. The standard InChI is InChI=1S/C20H24N4O2/c1-14(2)24-18(15-4-6-16(25-3)7-5-15)12-17-19(21-13-22-20(17)24)23-8-10-26-11-9-23/h4-7,12-14H,8-11H2,1-3H3. The molecule has 3 heterocycles. The molecule has 6 nitrogen and oxygen atoms in total. The van der Waals surface area contributed by atoms with Crippen LogP contribution in [0.3, 0.4) is 0 Å². The quantitative estimate of drug-likeness (QED) is 0.719. The molecule has 0 aliphatic carbocycles. The fourth-order valence-electron chi connectivity index (χ4n) is 3.55. The normalized spacial score (nSPS) is 15.0. The van der Waals surface area contributed by atoms with Gasteiger partial charge in [0.05, 0.1) is 31.4 Å². The zero-order valence-corrected chi connectivity index (χ0v) is 15.5. The van der Waals surface area contributed by atoms with E-state index in [0.29, 0.717) is 0 Å². The Balaban J connectivity index is 1.88. The molecule has 1 aromatic carbocycles. The third-order valence-electron chi connectivity index (χ3n) is 4.82. The lowest BCUT2D eigenvalue weighted by Crippen LogP contribution is -2.36. The van der Waals surface area contributed by atoms with Crippen LogP contribution in [-0.4, -0.2) is 47.9 Å². The predicted octanol–water partition coefficient (Wildman–Crippen LogP) is 3.52. The molecule has 6 heteroatoms. The van der Waals surface area contributed by atoms with Crippen LogP contribution in [0.4, 0.5) is 5.82 Å². The van der Waals surface area contributed by atoms with Crippen molar-refractivity contribution < 1.29 is 9.47 Å². The molecule has 0 N–H and O–H groups in total. The van der Waals surface area contributed by atoms with Crippen molar-refractivity contribution in [2.75, 3.05) is 38.3 Å². The van der Waals surface area contributed by atoms with Crippen LogP contribution >= 0.6 is 0 Å². The van der Waals surface area contributed by atoms with Crippen molar-refractivity contribution in [1.29, 1.82) is 0 Å². The second-order valence-corrected chi connectivity index (χ2v) is 6.76. The lowest BCUT2D eigenvalue weighted by molar-refractivity contribution is 0.122. The fraction of sp³-hybridized carbons (Fsp3) is 0.400. The van der Waals surface area contributed by atoms with E-state index in [1.54, 1.807) is 13.4 Å². The second kappa shape index (κ2) is 6.96. The largest absolute Gasteiger partial charge is 0.497 e. The maximum Gasteiger partial charge on any atom is 0.146 e. The van der Waals surface area contributed by atoms with Gasteiger partial charge in [-0.1, -0.05) is 0 Å². The zero-order valence-electron chi connectivity index (χ0n) is 15.5. The highest BCUT2D eigenvalue weighted by Crippen LogP contribution is 2.35. The first kappa shape index (κ1) is 16.8. The number of morpholine rings is 1. The van der Waals surface area contributed by atoms with E-state index in [4.69, 9.17) is 9.47 Å². The molecule has 3 aromatic rings. The van der Waals surface area contributed by atoms with Gasteiger partial charge in [0.1, 0.15) is 23.5 Å². The Morgan fingerprint density at radius 3 is 2.46 bits per heavy atom. The summed E-state index contributed by atoms with van der Waals surface area (Å²) in [7, 11) is 1.68.